The molecule has 0 aliphatic rings. The van der Waals surface area contributed by atoms with Gasteiger partial charge in [-0.2, -0.15) is 0 Å². The third-order valence-corrected chi connectivity index (χ3v) is 4.62. The summed E-state index contributed by atoms with van der Waals surface area (Å²) in [6.07, 6.45) is 2.01. The summed E-state index contributed by atoms with van der Waals surface area (Å²) in [6.45, 7) is 2.44. The minimum atomic E-state index is -3.20. The van der Waals surface area contributed by atoms with Gasteiger partial charge in [0.2, 0.25) is 0 Å². The summed E-state index contributed by atoms with van der Waals surface area (Å²) < 4.78 is 24.1. The van der Waals surface area contributed by atoms with Gasteiger partial charge in [-0.25, -0.2) is 18.4 Å². The first-order chi connectivity index (χ1) is 9.58. The molecule has 0 unspecified atom stereocenters. The molecule has 0 saturated heterocycles. The van der Waals surface area contributed by atoms with E-state index >= 15 is 0 Å². The van der Waals surface area contributed by atoms with E-state index in [4.69, 9.17) is 0 Å². The fourth-order valence-electron chi connectivity index (χ4n) is 1.78. The number of aryl methyl sites for hydroxylation is 1. The summed E-state index contributed by atoms with van der Waals surface area (Å²) in [6, 6.07) is 10.3. The zero-order valence-corrected chi connectivity index (χ0v) is 12.1. The highest BCUT2D eigenvalue weighted by Gasteiger charge is 2.12. The summed E-state index contributed by atoms with van der Waals surface area (Å²) in [5.74, 6) is 0.836. The monoisotopic (exact) mass is 291 g/mol. The van der Waals surface area contributed by atoms with Crippen LogP contribution in [0.2, 0.25) is 0 Å². The Morgan fingerprint density at radius 2 is 1.90 bits per heavy atom. The Morgan fingerprint density at radius 3 is 2.60 bits per heavy atom. The molecule has 0 spiro atoms. The maximum absolute atomic E-state index is 12.0. The Bertz CT molecular complexity index is 657. The molecule has 1 aromatic heterocycles. The zero-order valence-electron chi connectivity index (χ0n) is 11.3. The molecule has 2 rings (SSSR count). The fourth-order valence-corrected chi connectivity index (χ4v) is 3.11. The lowest BCUT2D eigenvalue weighted by Crippen LogP contribution is -2.12. The van der Waals surface area contributed by atoms with Crippen LogP contribution in [0.25, 0.3) is 0 Å². The molecular formula is C14H17N3O2S. The van der Waals surface area contributed by atoms with Crippen molar-refractivity contribution in [2.24, 2.45) is 0 Å². The van der Waals surface area contributed by atoms with Crippen molar-refractivity contribution in [3.8, 4) is 0 Å². The van der Waals surface area contributed by atoms with Crippen LogP contribution in [-0.4, -0.2) is 30.7 Å². The Kier molecular flexibility index (Phi) is 4.68. The highest BCUT2D eigenvalue weighted by Crippen LogP contribution is 2.11. The van der Waals surface area contributed by atoms with Crippen LogP contribution in [0.4, 0.5) is 5.82 Å². The minimum absolute atomic E-state index is 0.119. The van der Waals surface area contributed by atoms with E-state index in [1.807, 2.05) is 13.0 Å². The third-order valence-electron chi connectivity index (χ3n) is 2.80. The van der Waals surface area contributed by atoms with Crippen LogP contribution in [0.1, 0.15) is 12.1 Å². The first-order valence-corrected chi connectivity index (χ1v) is 8.03. The second-order valence-electron chi connectivity index (χ2n) is 4.46. The maximum Gasteiger partial charge on any atom is 0.178 e. The molecule has 1 aromatic carbocycles. The van der Waals surface area contributed by atoms with Gasteiger partial charge in [0, 0.05) is 18.3 Å². The molecule has 2 aromatic rings. The standard InChI is InChI=1S/C14H17N3O2S/c1-12-10-14(17-11-16-12)15-8-5-9-20(18,19)13-6-3-2-4-7-13/h2-4,6-7,10-11H,5,8-9H2,1H3,(H,15,16,17). The lowest BCUT2D eigenvalue weighted by atomic mass is 10.4. The summed E-state index contributed by atoms with van der Waals surface area (Å²) in [5, 5.41) is 3.09. The van der Waals surface area contributed by atoms with Gasteiger partial charge >= 0.3 is 0 Å². The Hall–Kier alpha value is -1.95. The Balaban J connectivity index is 1.84. The van der Waals surface area contributed by atoms with Crippen molar-refractivity contribution in [2.45, 2.75) is 18.2 Å². The van der Waals surface area contributed by atoms with Gasteiger partial charge in [-0.15, -0.1) is 0 Å². The number of anilines is 1. The van der Waals surface area contributed by atoms with E-state index in [1.54, 1.807) is 30.3 Å². The first-order valence-electron chi connectivity index (χ1n) is 6.38. The number of nitrogens with one attached hydrogen (secondary N) is 1. The van der Waals surface area contributed by atoms with Gasteiger partial charge in [0.05, 0.1) is 10.6 Å². The van der Waals surface area contributed by atoms with E-state index in [-0.39, 0.29) is 5.75 Å². The minimum Gasteiger partial charge on any atom is -0.370 e. The molecule has 5 nitrogen and oxygen atoms in total. The molecule has 0 saturated carbocycles. The van der Waals surface area contributed by atoms with E-state index in [0.29, 0.717) is 17.9 Å². The first kappa shape index (κ1) is 14.5. The van der Waals surface area contributed by atoms with Crippen LogP contribution < -0.4 is 5.32 Å². The van der Waals surface area contributed by atoms with Crippen LogP contribution in [0.15, 0.2) is 47.6 Å². The molecule has 0 amide bonds. The number of hydrogen-bond acceptors (Lipinski definition) is 5. The van der Waals surface area contributed by atoms with Gasteiger partial charge in [0.25, 0.3) is 0 Å². The second-order valence-corrected chi connectivity index (χ2v) is 6.57. The van der Waals surface area contributed by atoms with Crippen molar-refractivity contribution >= 4 is 15.7 Å². The third kappa shape index (κ3) is 4.03. The molecule has 0 bridgehead atoms. The van der Waals surface area contributed by atoms with Crippen molar-refractivity contribution in [1.29, 1.82) is 0 Å². The van der Waals surface area contributed by atoms with Gasteiger partial charge < -0.3 is 5.32 Å². The lowest BCUT2D eigenvalue weighted by Gasteiger charge is -2.06. The summed E-state index contributed by atoms with van der Waals surface area (Å²) >= 11 is 0. The van der Waals surface area contributed by atoms with Crippen LogP contribution in [-0.2, 0) is 9.84 Å². The van der Waals surface area contributed by atoms with Gasteiger partial charge in [-0.3, -0.25) is 0 Å². The van der Waals surface area contributed by atoms with Crippen molar-refractivity contribution in [2.75, 3.05) is 17.6 Å². The molecule has 0 radical (unpaired) electrons. The summed E-state index contributed by atoms with van der Waals surface area (Å²) in [7, 11) is -3.20. The van der Waals surface area contributed by atoms with Gasteiger partial charge in [0.1, 0.15) is 12.1 Å². The molecule has 0 fully saturated rings. The molecule has 1 heterocycles. The average molecular weight is 291 g/mol. The number of nitrogens with zero attached hydrogens (tertiary/aromatic N) is 2. The molecular weight excluding hydrogens is 274 g/mol. The number of benzene rings is 1. The van der Waals surface area contributed by atoms with Crippen molar-refractivity contribution in [1.82, 2.24) is 9.97 Å². The van der Waals surface area contributed by atoms with E-state index in [9.17, 15) is 8.42 Å². The zero-order chi connectivity index (χ0) is 14.4. The van der Waals surface area contributed by atoms with Gasteiger partial charge in [-0.1, -0.05) is 18.2 Å². The molecule has 1 N–H and O–H groups in total. The molecule has 0 aliphatic heterocycles. The highest BCUT2D eigenvalue weighted by atomic mass is 32.2. The molecule has 20 heavy (non-hydrogen) atoms. The van der Waals surface area contributed by atoms with Crippen molar-refractivity contribution < 1.29 is 8.42 Å². The predicted octanol–water partition coefficient (Wildman–Crippen LogP) is 2.06. The Labute approximate surface area is 119 Å². The predicted molar refractivity (Wildman–Crippen MR) is 78.4 cm³/mol. The highest BCUT2D eigenvalue weighted by molar-refractivity contribution is 7.91. The number of sulfone groups is 1. The second kappa shape index (κ2) is 6.47. The normalized spacial score (nSPS) is 11.2. The summed E-state index contributed by atoms with van der Waals surface area (Å²) in [4.78, 5) is 8.43. The molecule has 6 heteroatoms. The summed E-state index contributed by atoms with van der Waals surface area (Å²) in [5.41, 5.74) is 0.874. The fraction of sp³-hybridized carbons (Fsp3) is 0.286. The van der Waals surface area contributed by atoms with E-state index in [2.05, 4.69) is 15.3 Å². The van der Waals surface area contributed by atoms with Crippen LogP contribution in [0.5, 0.6) is 0 Å². The average Bonchev–Trinajstić information content (AvgIpc) is 2.45. The molecule has 0 aliphatic carbocycles. The largest absolute Gasteiger partial charge is 0.370 e. The Morgan fingerprint density at radius 1 is 1.15 bits per heavy atom. The van der Waals surface area contributed by atoms with E-state index < -0.39 is 9.84 Å². The van der Waals surface area contributed by atoms with Gasteiger partial charge in [-0.05, 0) is 25.5 Å². The molecule has 0 atom stereocenters. The lowest BCUT2D eigenvalue weighted by molar-refractivity contribution is 0.594. The quantitative estimate of drug-likeness (QED) is 0.825. The number of hydrogen-bond donors (Lipinski definition) is 1. The number of aromatic nitrogens is 2. The topological polar surface area (TPSA) is 72.0 Å². The van der Waals surface area contributed by atoms with Crippen LogP contribution in [0, 0.1) is 6.92 Å². The van der Waals surface area contributed by atoms with Crippen LogP contribution in [0.3, 0.4) is 0 Å². The van der Waals surface area contributed by atoms with Crippen molar-refractivity contribution in [3.63, 3.8) is 0 Å². The van der Waals surface area contributed by atoms with E-state index in [1.165, 1.54) is 6.33 Å². The smallest absolute Gasteiger partial charge is 0.178 e. The van der Waals surface area contributed by atoms with Crippen LogP contribution >= 0.6 is 0 Å². The number of rotatable bonds is 6. The van der Waals surface area contributed by atoms with Gasteiger partial charge in [0.15, 0.2) is 9.84 Å². The van der Waals surface area contributed by atoms with E-state index in [0.717, 1.165) is 11.5 Å². The van der Waals surface area contributed by atoms with Crippen molar-refractivity contribution in [3.05, 3.63) is 48.4 Å². The molecule has 106 valence electrons. The SMILES string of the molecule is Cc1cc(NCCCS(=O)(=O)c2ccccc2)ncn1. The maximum atomic E-state index is 12.0.